The topological polar surface area (TPSA) is 96.4 Å². The Bertz CT molecular complexity index is 1050. The van der Waals surface area contributed by atoms with Crippen molar-refractivity contribution in [2.75, 3.05) is 0 Å². The lowest BCUT2D eigenvalue weighted by molar-refractivity contribution is -0.384. The lowest BCUT2D eigenvalue weighted by Crippen LogP contribution is -2.31. The highest BCUT2D eigenvalue weighted by Gasteiger charge is 2.38. The van der Waals surface area contributed by atoms with Crippen LogP contribution in [0.4, 0.5) is 5.69 Å². The highest BCUT2D eigenvalue weighted by atomic mass is 32.2. The Morgan fingerprint density at radius 2 is 1.97 bits per heavy atom. The predicted molar refractivity (Wildman–Crippen MR) is 113 cm³/mol. The first-order valence-corrected chi connectivity index (χ1v) is 10.0. The summed E-state index contributed by atoms with van der Waals surface area (Å²) in [6.45, 7) is 3.23. The van der Waals surface area contributed by atoms with E-state index < -0.39 is 16.8 Å². The molecular weight excluding hydrogens is 386 g/mol. The molecule has 0 fully saturated rings. The standard InChI is InChI=1S/C22H19N3O3S/c1-14-20(15(2)26)21(17-9-6-10-18(11-17)25(27)28)19(12-23)22(24-14)29-13-16-7-4-3-5-8-16/h3-11,20-21H,13H2,1-2H3/t20?,21-/m0/s1. The first-order valence-electron chi connectivity index (χ1n) is 9.03. The number of nitro benzene ring substituents is 1. The van der Waals surface area contributed by atoms with Gasteiger partial charge >= 0.3 is 0 Å². The fourth-order valence-electron chi connectivity index (χ4n) is 3.50. The third-order valence-electron chi connectivity index (χ3n) is 4.82. The van der Waals surface area contributed by atoms with E-state index in [1.807, 2.05) is 30.3 Å². The Balaban J connectivity index is 2.06. The highest BCUT2D eigenvalue weighted by Crippen LogP contribution is 2.43. The molecule has 0 saturated heterocycles. The van der Waals surface area contributed by atoms with Crippen LogP contribution >= 0.6 is 11.8 Å². The number of ketones is 1. The summed E-state index contributed by atoms with van der Waals surface area (Å²) in [5.41, 5.74) is 2.58. The molecule has 6 nitrogen and oxygen atoms in total. The molecule has 0 bridgehead atoms. The van der Waals surface area contributed by atoms with Crippen molar-refractivity contribution in [1.29, 1.82) is 5.26 Å². The van der Waals surface area contributed by atoms with Gasteiger partial charge in [0.25, 0.3) is 5.69 Å². The number of rotatable bonds is 6. The zero-order valence-electron chi connectivity index (χ0n) is 16.0. The number of hydrogen-bond acceptors (Lipinski definition) is 6. The number of aliphatic imine (C=N–C) groups is 1. The Morgan fingerprint density at radius 3 is 2.59 bits per heavy atom. The van der Waals surface area contributed by atoms with Crippen LogP contribution in [-0.4, -0.2) is 16.4 Å². The van der Waals surface area contributed by atoms with E-state index in [1.165, 1.54) is 30.8 Å². The normalized spacial score (nSPS) is 18.7. The molecule has 0 amide bonds. The number of benzene rings is 2. The summed E-state index contributed by atoms with van der Waals surface area (Å²) in [5, 5.41) is 21.7. The minimum atomic E-state index is -0.618. The molecule has 0 saturated carbocycles. The van der Waals surface area contributed by atoms with Gasteiger partial charge in [-0.2, -0.15) is 5.26 Å². The summed E-state index contributed by atoms with van der Waals surface area (Å²) >= 11 is 1.43. The third-order valence-corrected chi connectivity index (χ3v) is 5.88. The lowest BCUT2D eigenvalue weighted by atomic mass is 9.75. The number of carbonyl (C=O) groups is 1. The first kappa shape index (κ1) is 20.5. The van der Waals surface area contributed by atoms with Gasteiger partial charge in [0, 0.05) is 29.5 Å². The molecule has 0 aliphatic carbocycles. The van der Waals surface area contributed by atoms with Crippen LogP contribution in [0.25, 0.3) is 0 Å². The predicted octanol–water partition coefficient (Wildman–Crippen LogP) is 5.03. The summed E-state index contributed by atoms with van der Waals surface area (Å²) in [6, 6.07) is 18.2. The molecule has 2 atom stereocenters. The van der Waals surface area contributed by atoms with E-state index in [0.717, 1.165) is 5.56 Å². The van der Waals surface area contributed by atoms with Gasteiger partial charge in [-0.25, -0.2) is 4.99 Å². The van der Waals surface area contributed by atoms with Gasteiger partial charge in [-0.3, -0.25) is 14.9 Å². The molecule has 0 radical (unpaired) electrons. The summed E-state index contributed by atoms with van der Waals surface area (Å²) in [5.74, 6) is -0.701. The molecule has 1 heterocycles. The largest absolute Gasteiger partial charge is 0.299 e. The maximum atomic E-state index is 12.4. The van der Waals surface area contributed by atoms with E-state index in [9.17, 15) is 20.2 Å². The molecule has 1 unspecified atom stereocenters. The van der Waals surface area contributed by atoms with E-state index >= 15 is 0 Å². The third kappa shape index (κ3) is 4.44. The second-order valence-corrected chi connectivity index (χ2v) is 7.74. The lowest BCUT2D eigenvalue weighted by Gasteiger charge is -2.30. The summed E-state index contributed by atoms with van der Waals surface area (Å²) in [7, 11) is 0. The molecule has 3 rings (SSSR count). The van der Waals surface area contributed by atoms with Gasteiger partial charge in [-0.15, -0.1) is 11.8 Å². The van der Waals surface area contributed by atoms with E-state index in [2.05, 4.69) is 11.1 Å². The number of thioether (sulfide) groups is 1. The van der Waals surface area contributed by atoms with Crippen molar-refractivity contribution < 1.29 is 9.72 Å². The molecule has 2 aromatic rings. The van der Waals surface area contributed by atoms with E-state index in [-0.39, 0.29) is 11.5 Å². The number of carbonyl (C=O) groups excluding carboxylic acids is 1. The van der Waals surface area contributed by atoms with Crippen molar-refractivity contribution in [3.8, 4) is 6.07 Å². The smallest absolute Gasteiger partial charge is 0.269 e. The number of hydrogen-bond donors (Lipinski definition) is 0. The van der Waals surface area contributed by atoms with Gasteiger partial charge in [0.15, 0.2) is 0 Å². The van der Waals surface area contributed by atoms with Crippen LogP contribution in [0.5, 0.6) is 0 Å². The maximum Gasteiger partial charge on any atom is 0.269 e. The first-order chi connectivity index (χ1) is 13.9. The molecule has 1 aliphatic heterocycles. The van der Waals surface area contributed by atoms with E-state index in [4.69, 9.17) is 0 Å². The fraction of sp³-hybridized carbons (Fsp3) is 0.227. The summed E-state index contributed by atoms with van der Waals surface area (Å²) < 4.78 is 0. The maximum absolute atomic E-state index is 12.4. The van der Waals surface area contributed by atoms with Gasteiger partial charge < -0.3 is 0 Å². The number of nitriles is 1. The number of Topliss-reactive ketones (excluding diaryl/α,β-unsaturated/α-hetero) is 1. The molecule has 146 valence electrons. The van der Waals surface area contributed by atoms with Crippen LogP contribution in [0.2, 0.25) is 0 Å². The minimum absolute atomic E-state index is 0.0688. The summed E-state index contributed by atoms with van der Waals surface area (Å²) in [6.07, 6.45) is 0. The molecule has 0 aromatic heterocycles. The molecule has 0 N–H and O–H groups in total. The fourth-order valence-corrected chi connectivity index (χ4v) is 4.54. The van der Waals surface area contributed by atoms with Crippen LogP contribution < -0.4 is 0 Å². The van der Waals surface area contributed by atoms with Crippen molar-refractivity contribution in [3.05, 3.63) is 86.4 Å². The highest BCUT2D eigenvalue weighted by molar-refractivity contribution is 8.02. The van der Waals surface area contributed by atoms with Crippen LogP contribution in [0, 0.1) is 27.4 Å². The molecule has 1 aliphatic rings. The molecular formula is C22H19N3O3S. The monoisotopic (exact) mass is 405 g/mol. The summed E-state index contributed by atoms with van der Waals surface area (Å²) in [4.78, 5) is 27.7. The van der Waals surface area contributed by atoms with Crippen LogP contribution in [0.3, 0.4) is 0 Å². The number of nitrogens with zero attached hydrogens (tertiary/aromatic N) is 3. The van der Waals surface area contributed by atoms with E-state index in [1.54, 1.807) is 19.1 Å². The number of nitro groups is 1. The molecule has 2 aromatic carbocycles. The van der Waals surface area contributed by atoms with Crippen molar-refractivity contribution in [2.24, 2.45) is 10.9 Å². The number of allylic oxidation sites excluding steroid dienone is 1. The second kappa shape index (κ2) is 8.84. The van der Waals surface area contributed by atoms with Crippen molar-refractivity contribution in [1.82, 2.24) is 0 Å². The molecule has 0 spiro atoms. The number of non-ortho nitro benzene ring substituents is 1. The van der Waals surface area contributed by atoms with Crippen LogP contribution in [0.15, 0.2) is 70.2 Å². The van der Waals surface area contributed by atoms with E-state index in [0.29, 0.717) is 27.6 Å². The van der Waals surface area contributed by atoms with Gasteiger partial charge in [-0.05, 0) is 25.0 Å². The zero-order chi connectivity index (χ0) is 21.0. The second-order valence-electron chi connectivity index (χ2n) is 6.78. The van der Waals surface area contributed by atoms with Crippen LogP contribution in [-0.2, 0) is 10.5 Å². The van der Waals surface area contributed by atoms with Crippen molar-refractivity contribution in [3.63, 3.8) is 0 Å². The van der Waals surface area contributed by atoms with Gasteiger partial charge in [-0.1, -0.05) is 42.5 Å². The van der Waals surface area contributed by atoms with Gasteiger partial charge in [0.05, 0.1) is 22.5 Å². The molecule has 29 heavy (non-hydrogen) atoms. The van der Waals surface area contributed by atoms with Gasteiger partial charge in [0.2, 0.25) is 0 Å². The average Bonchev–Trinajstić information content (AvgIpc) is 2.72. The van der Waals surface area contributed by atoms with Crippen molar-refractivity contribution in [2.45, 2.75) is 25.5 Å². The zero-order valence-corrected chi connectivity index (χ0v) is 16.8. The Labute approximate surface area is 173 Å². The quantitative estimate of drug-likeness (QED) is 0.496. The van der Waals surface area contributed by atoms with Gasteiger partial charge in [0.1, 0.15) is 10.8 Å². The van der Waals surface area contributed by atoms with Crippen LogP contribution in [0.1, 0.15) is 30.9 Å². The average molecular weight is 405 g/mol. The SMILES string of the molecule is CC(=O)C1C(C)=NC(SCc2ccccc2)=C(C#N)[C@@H]1c1cccc([N+](=O)[O-])c1. The molecule has 7 heteroatoms. The Hall–Kier alpha value is -3.24. The minimum Gasteiger partial charge on any atom is -0.299 e. The Morgan fingerprint density at radius 1 is 1.24 bits per heavy atom. The van der Waals surface area contributed by atoms with Crippen molar-refractivity contribution >= 4 is 28.9 Å². The Kier molecular flexibility index (Phi) is 6.25.